The number of aromatic nitrogens is 1. The molecule has 1 aromatic rings. The Morgan fingerprint density at radius 1 is 1.38 bits per heavy atom. The number of nitrogens with zero attached hydrogens (tertiary/aromatic N) is 2. The molecule has 2 bridgehead atoms. The van der Waals surface area contributed by atoms with Crippen molar-refractivity contribution in [2.24, 2.45) is 17.8 Å². The maximum Gasteiger partial charge on any atom is 0.253 e. The summed E-state index contributed by atoms with van der Waals surface area (Å²) in [4.78, 5) is 18.7. The van der Waals surface area contributed by atoms with Crippen LogP contribution in [0.5, 0.6) is 0 Å². The first kappa shape index (κ1) is 14.4. The lowest BCUT2D eigenvalue weighted by molar-refractivity contribution is 0.0754. The Bertz CT molecular complexity index is 543. The van der Waals surface area contributed by atoms with E-state index in [9.17, 15) is 4.79 Å². The molecule has 2 fully saturated rings. The zero-order valence-corrected chi connectivity index (χ0v) is 13.0. The quantitative estimate of drug-likeness (QED) is 0.926. The molecule has 0 aromatic carbocycles. The average molecular weight is 287 g/mol. The molecule has 2 aliphatic rings. The highest BCUT2D eigenvalue weighted by Crippen LogP contribution is 2.48. The molecule has 1 aromatic heterocycles. The van der Waals surface area contributed by atoms with Gasteiger partial charge >= 0.3 is 0 Å². The van der Waals surface area contributed by atoms with Gasteiger partial charge in [0.15, 0.2) is 0 Å². The van der Waals surface area contributed by atoms with E-state index in [4.69, 9.17) is 5.73 Å². The molecule has 3 unspecified atom stereocenters. The number of hydrogen-bond acceptors (Lipinski definition) is 3. The second-order valence-electron chi connectivity index (χ2n) is 6.75. The average Bonchev–Trinajstić information content (AvgIpc) is 3.08. The highest BCUT2D eigenvalue weighted by Gasteiger charge is 2.40. The highest BCUT2D eigenvalue weighted by atomic mass is 16.2. The van der Waals surface area contributed by atoms with E-state index < -0.39 is 0 Å². The highest BCUT2D eigenvalue weighted by molar-refractivity contribution is 5.94. The van der Waals surface area contributed by atoms with Crippen LogP contribution in [0.3, 0.4) is 0 Å². The zero-order valence-electron chi connectivity index (χ0n) is 13.0. The van der Waals surface area contributed by atoms with Gasteiger partial charge in [0.05, 0.1) is 0 Å². The first-order valence-electron chi connectivity index (χ1n) is 8.08. The predicted octanol–water partition coefficient (Wildman–Crippen LogP) is 2.73. The molecule has 2 aliphatic carbocycles. The third kappa shape index (κ3) is 2.89. The maximum atomic E-state index is 12.6. The van der Waals surface area contributed by atoms with E-state index in [0.717, 1.165) is 30.5 Å². The van der Waals surface area contributed by atoms with E-state index >= 15 is 0 Å². The number of aryl methyl sites for hydroxylation is 1. The Morgan fingerprint density at radius 2 is 2.19 bits per heavy atom. The maximum absolute atomic E-state index is 12.6. The van der Waals surface area contributed by atoms with Crippen molar-refractivity contribution in [3.63, 3.8) is 0 Å². The number of hydrogen-bond donors (Lipinski definition) is 1. The molecule has 0 radical (unpaired) electrons. The molecular weight excluding hydrogens is 262 g/mol. The van der Waals surface area contributed by atoms with E-state index in [0.29, 0.717) is 17.3 Å². The number of nitrogens with two attached hydrogens (primary N) is 1. The number of carbonyl (C=O) groups is 1. The molecule has 3 atom stereocenters. The molecule has 0 aliphatic heterocycles. The van der Waals surface area contributed by atoms with E-state index in [1.165, 1.54) is 25.7 Å². The number of amides is 1. The van der Waals surface area contributed by atoms with Crippen LogP contribution in [0, 0.1) is 17.8 Å². The summed E-state index contributed by atoms with van der Waals surface area (Å²) in [7, 11) is 1.91. The van der Waals surface area contributed by atoms with Crippen molar-refractivity contribution >= 4 is 11.7 Å². The van der Waals surface area contributed by atoms with Crippen LogP contribution in [-0.4, -0.2) is 29.4 Å². The van der Waals surface area contributed by atoms with Gasteiger partial charge in [0, 0.05) is 24.8 Å². The molecule has 2 N–H and O–H groups in total. The lowest BCUT2D eigenvalue weighted by Crippen LogP contribution is -2.33. The molecule has 0 spiro atoms. The Hall–Kier alpha value is -1.58. The summed E-state index contributed by atoms with van der Waals surface area (Å²) in [6, 6.07) is 3.56. The molecular formula is C17H25N3O. The topological polar surface area (TPSA) is 59.2 Å². The molecule has 4 heteroatoms. The van der Waals surface area contributed by atoms with Crippen LogP contribution < -0.4 is 5.73 Å². The Labute approximate surface area is 126 Å². The number of carbonyl (C=O) groups excluding carboxylic acids is 1. The van der Waals surface area contributed by atoms with Crippen molar-refractivity contribution in [1.29, 1.82) is 0 Å². The van der Waals surface area contributed by atoms with E-state index in [1.54, 1.807) is 6.07 Å². The van der Waals surface area contributed by atoms with Gasteiger partial charge in [-0.05, 0) is 55.6 Å². The van der Waals surface area contributed by atoms with Crippen LogP contribution in [0.2, 0.25) is 0 Å². The number of rotatable bonds is 4. The lowest BCUT2D eigenvalue weighted by Gasteiger charge is -2.27. The van der Waals surface area contributed by atoms with Crippen LogP contribution in [0.1, 0.15) is 48.7 Å². The fourth-order valence-electron chi connectivity index (χ4n) is 4.17. The van der Waals surface area contributed by atoms with Gasteiger partial charge in [0.25, 0.3) is 5.91 Å². The summed E-state index contributed by atoms with van der Waals surface area (Å²) in [6.45, 7) is 2.90. The second kappa shape index (κ2) is 5.66. The largest absolute Gasteiger partial charge is 0.384 e. The van der Waals surface area contributed by atoms with Gasteiger partial charge in [-0.2, -0.15) is 0 Å². The van der Waals surface area contributed by atoms with Gasteiger partial charge in [-0.15, -0.1) is 0 Å². The Balaban J connectivity index is 1.68. The summed E-state index contributed by atoms with van der Waals surface area (Å²) in [5, 5.41) is 0. The normalized spacial score (nSPS) is 27.0. The summed E-state index contributed by atoms with van der Waals surface area (Å²) in [6.07, 6.45) is 6.25. The fourth-order valence-corrected chi connectivity index (χ4v) is 4.17. The minimum Gasteiger partial charge on any atom is -0.384 e. The molecule has 4 nitrogen and oxygen atoms in total. The summed E-state index contributed by atoms with van der Waals surface area (Å²) in [5.41, 5.74) is 7.36. The standard InChI is InChI=1S/C17H25N3O/c1-3-15-8-13(9-16(18)19-15)17(21)20(2)10-14-7-11-4-5-12(14)6-11/h8-9,11-12,14H,3-7,10H2,1-2H3,(H2,18,19). The minimum atomic E-state index is 0.0709. The summed E-state index contributed by atoms with van der Waals surface area (Å²) >= 11 is 0. The zero-order chi connectivity index (χ0) is 15.0. The van der Waals surface area contributed by atoms with E-state index in [1.807, 2.05) is 24.9 Å². The van der Waals surface area contributed by atoms with Gasteiger partial charge in [-0.25, -0.2) is 4.98 Å². The van der Waals surface area contributed by atoms with Crippen molar-refractivity contribution in [3.8, 4) is 0 Å². The first-order valence-corrected chi connectivity index (χ1v) is 8.08. The Kier molecular flexibility index (Phi) is 3.87. The van der Waals surface area contributed by atoms with Gasteiger partial charge in [-0.3, -0.25) is 4.79 Å². The Morgan fingerprint density at radius 3 is 2.81 bits per heavy atom. The molecule has 3 rings (SSSR count). The molecule has 114 valence electrons. The van der Waals surface area contributed by atoms with Gasteiger partial charge in [0.2, 0.25) is 0 Å². The first-order chi connectivity index (χ1) is 10.1. The third-order valence-corrected chi connectivity index (χ3v) is 5.25. The van der Waals surface area contributed by atoms with Crippen LogP contribution in [0.15, 0.2) is 12.1 Å². The molecule has 2 saturated carbocycles. The number of fused-ring (bicyclic) bond motifs is 2. The predicted molar refractivity (Wildman–Crippen MR) is 83.9 cm³/mol. The van der Waals surface area contributed by atoms with Gasteiger partial charge < -0.3 is 10.6 Å². The van der Waals surface area contributed by atoms with Crippen molar-refractivity contribution in [3.05, 3.63) is 23.4 Å². The molecule has 1 amide bonds. The second-order valence-corrected chi connectivity index (χ2v) is 6.75. The van der Waals surface area contributed by atoms with Crippen molar-refractivity contribution in [2.75, 3.05) is 19.3 Å². The SMILES string of the molecule is CCc1cc(C(=O)N(C)CC2CC3CCC2C3)cc(N)n1. The van der Waals surface area contributed by atoms with Gasteiger partial charge in [0.1, 0.15) is 5.82 Å². The van der Waals surface area contributed by atoms with Crippen LogP contribution >= 0.6 is 0 Å². The monoisotopic (exact) mass is 287 g/mol. The van der Waals surface area contributed by atoms with Crippen molar-refractivity contribution in [2.45, 2.75) is 39.0 Å². The van der Waals surface area contributed by atoms with Crippen LogP contribution in [0.4, 0.5) is 5.82 Å². The van der Waals surface area contributed by atoms with E-state index in [2.05, 4.69) is 4.98 Å². The van der Waals surface area contributed by atoms with Gasteiger partial charge in [-0.1, -0.05) is 13.3 Å². The van der Waals surface area contributed by atoms with Crippen molar-refractivity contribution < 1.29 is 4.79 Å². The van der Waals surface area contributed by atoms with Crippen molar-refractivity contribution in [1.82, 2.24) is 9.88 Å². The van der Waals surface area contributed by atoms with Crippen LogP contribution in [-0.2, 0) is 6.42 Å². The number of nitrogen functional groups attached to an aromatic ring is 1. The molecule has 1 heterocycles. The number of pyridine rings is 1. The summed E-state index contributed by atoms with van der Waals surface area (Å²) < 4.78 is 0. The smallest absolute Gasteiger partial charge is 0.253 e. The fraction of sp³-hybridized carbons (Fsp3) is 0.647. The third-order valence-electron chi connectivity index (χ3n) is 5.25. The lowest BCUT2D eigenvalue weighted by atomic mass is 9.88. The minimum absolute atomic E-state index is 0.0709. The molecule has 21 heavy (non-hydrogen) atoms. The van der Waals surface area contributed by atoms with E-state index in [-0.39, 0.29) is 5.91 Å². The number of anilines is 1. The van der Waals surface area contributed by atoms with Crippen LogP contribution in [0.25, 0.3) is 0 Å². The summed E-state index contributed by atoms with van der Waals surface area (Å²) in [5.74, 6) is 2.97. The molecule has 0 saturated heterocycles.